The highest BCUT2D eigenvalue weighted by atomic mass is 32.1. The lowest BCUT2D eigenvalue weighted by Crippen LogP contribution is -2.46. The second-order valence-electron chi connectivity index (χ2n) is 7.67. The van der Waals surface area contributed by atoms with Crippen molar-refractivity contribution in [3.8, 4) is 0 Å². The zero-order valence-corrected chi connectivity index (χ0v) is 17.0. The SMILES string of the molecule is Cc1csc(NC(=O)C2CCN(CC(=O)N3CCc4ccccc4C3)CC2)n1. The maximum atomic E-state index is 12.7. The van der Waals surface area contributed by atoms with Gasteiger partial charge in [0.15, 0.2) is 5.13 Å². The number of aromatic nitrogens is 1. The molecule has 0 atom stereocenters. The Labute approximate surface area is 169 Å². The second-order valence-corrected chi connectivity index (χ2v) is 8.53. The van der Waals surface area contributed by atoms with Crippen molar-refractivity contribution in [3.05, 3.63) is 46.5 Å². The van der Waals surface area contributed by atoms with Crippen molar-refractivity contribution in [3.63, 3.8) is 0 Å². The van der Waals surface area contributed by atoms with Gasteiger partial charge in [0, 0.05) is 24.4 Å². The maximum Gasteiger partial charge on any atom is 0.237 e. The summed E-state index contributed by atoms with van der Waals surface area (Å²) in [5, 5.41) is 5.53. The van der Waals surface area contributed by atoms with Crippen LogP contribution in [0.1, 0.15) is 29.7 Å². The van der Waals surface area contributed by atoms with Gasteiger partial charge in [-0.1, -0.05) is 24.3 Å². The molecule has 0 saturated carbocycles. The van der Waals surface area contributed by atoms with Gasteiger partial charge in [0.05, 0.1) is 12.2 Å². The molecule has 2 aliphatic rings. The lowest BCUT2D eigenvalue weighted by atomic mass is 9.96. The summed E-state index contributed by atoms with van der Waals surface area (Å²) in [5.74, 6) is 0.237. The molecule has 0 unspecified atom stereocenters. The fraction of sp³-hybridized carbons (Fsp3) is 0.476. The van der Waals surface area contributed by atoms with Crippen molar-refractivity contribution in [1.82, 2.24) is 14.8 Å². The van der Waals surface area contributed by atoms with Crippen LogP contribution < -0.4 is 5.32 Å². The summed E-state index contributed by atoms with van der Waals surface area (Å²) in [5.41, 5.74) is 3.54. The Bertz CT molecular complexity index is 858. The highest BCUT2D eigenvalue weighted by molar-refractivity contribution is 7.13. The zero-order valence-electron chi connectivity index (χ0n) is 16.2. The first-order valence-electron chi connectivity index (χ1n) is 9.88. The van der Waals surface area contributed by atoms with Gasteiger partial charge in [-0.2, -0.15) is 0 Å². The number of carbonyl (C=O) groups excluding carboxylic acids is 2. The van der Waals surface area contributed by atoms with Gasteiger partial charge in [-0.3, -0.25) is 14.5 Å². The van der Waals surface area contributed by atoms with Crippen LogP contribution in [0.15, 0.2) is 29.6 Å². The Morgan fingerprint density at radius 2 is 1.93 bits per heavy atom. The number of amides is 2. The number of piperidine rings is 1. The van der Waals surface area contributed by atoms with E-state index in [-0.39, 0.29) is 17.7 Å². The molecular weight excluding hydrogens is 372 g/mol. The Morgan fingerprint density at radius 3 is 2.64 bits per heavy atom. The molecule has 0 radical (unpaired) electrons. The highest BCUT2D eigenvalue weighted by Gasteiger charge is 2.28. The van der Waals surface area contributed by atoms with Gasteiger partial charge >= 0.3 is 0 Å². The summed E-state index contributed by atoms with van der Waals surface area (Å²) >= 11 is 1.46. The summed E-state index contributed by atoms with van der Waals surface area (Å²) < 4.78 is 0. The van der Waals surface area contributed by atoms with E-state index in [2.05, 4.69) is 33.4 Å². The molecule has 1 aromatic carbocycles. The third kappa shape index (κ3) is 4.42. The number of aryl methyl sites for hydroxylation is 1. The third-order valence-corrected chi connectivity index (χ3v) is 6.53. The monoisotopic (exact) mass is 398 g/mol. The van der Waals surface area contributed by atoms with Crippen LogP contribution in [0, 0.1) is 12.8 Å². The van der Waals surface area contributed by atoms with E-state index in [1.54, 1.807) is 0 Å². The van der Waals surface area contributed by atoms with Crippen LogP contribution in [0.4, 0.5) is 5.13 Å². The second kappa shape index (κ2) is 8.41. The van der Waals surface area contributed by atoms with Crippen LogP contribution >= 0.6 is 11.3 Å². The summed E-state index contributed by atoms with van der Waals surface area (Å²) in [6, 6.07) is 8.37. The van der Waals surface area contributed by atoms with Gasteiger partial charge in [-0.05, 0) is 50.4 Å². The molecule has 2 aliphatic heterocycles. The van der Waals surface area contributed by atoms with Gasteiger partial charge < -0.3 is 10.2 Å². The standard InChI is InChI=1S/C21H26N4O2S/c1-15-14-28-21(22-15)23-20(27)17-6-9-24(10-7-17)13-19(26)25-11-8-16-4-2-3-5-18(16)12-25/h2-5,14,17H,6-13H2,1H3,(H,22,23,27). The molecule has 6 nitrogen and oxygen atoms in total. The maximum absolute atomic E-state index is 12.7. The van der Waals surface area contributed by atoms with Crippen LogP contribution in [0.3, 0.4) is 0 Å². The summed E-state index contributed by atoms with van der Waals surface area (Å²) in [6.07, 6.45) is 2.50. The van der Waals surface area contributed by atoms with E-state index in [0.29, 0.717) is 18.2 Å². The van der Waals surface area contributed by atoms with E-state index in [1.165, 1.54) is 22.5 Å². The van der Waals surface area contributed by atoms with Crippen molar-refractivity contribution in [2.45, 2.75) is 32.7 Å². The number of hydrogen-bond donors (Lipinski definition) is 1. The number of carbonyl (C=O) groups is 2. The van der Waals surface area contributed by atoms with E-state index >= 15 is 0 Å². The number of nitrogens with one attached hydrogen (secondary N) is 1. The Balaban J connectivity index is 1.24. The molecule has 3 heterocycles. The predicted molar refractivity (Wildman–Crippen MR) is 110 cm³/mol. The molecule has 0 bridgehead atoms. The first kappa shape index (κ1) is 19.1. The summed E-state index contributed by atoms with van der Waals surface area (Å²) in [6.45, 7) is 5.43. The minimum absolute atomic E-state index is 0.00239. The number of thiazole rings is 1. The number of nitrogens with zero attached hydrogens (tertiary/aromatic N) is 3. The first-order chi connectivity index (χ1) is 13.6. The van der Waals surface area contributed by atoms with Gasteiger partial charge in [-0.25, -0.2) is 4.98 Å². The molecule has 7 heteroatoms. The number of rotatable bonds is 4. The largest absolute Gasteiger partial charge is 0.337 e. The Hall–Kier alpha value is -2.25. The van der Waals surface area contributed by atoms with E-state index < -0.39 is 0 Å². The van der Waals surface area contributed by atoms with E-state index in [9.17, 15) is 9.59 Å². The molecule has 2 aromatic rings. The minimum atomic E-state index is -0.00239. The minimum Gasteiger partial charge on any atom is -0.337 e. The molecule has 1 saturated heterocycles. The average molecular weight is 399 g/mol. The predicted octanol–water partition coefficient (Wildman–Crippen LogP) is 2.69. The van der Waals surface area contributed by atoms with Crippen molar-refractivity contribution in [2.75, 3.05) is 31.5 Å². The quantitative estimate of drug-likeness (QED) is 0.860. The smallest absolute Gasteiger partial charge is 0.237 e. The first-order valence-corrected chi connectivity index (χ1v) is 10.8. The van der Waals surface area contributed by atoms with Crippen molar-refractivity contribution in [2.24, 2.45) is 5.92 Å². The molecule has 1 fully saturated rings. The fourth-order valence-corrected chi connectivity index (χ4v) is 4.66. The molecule has 1 N–H and O–H groups in total. The highest BCUT2D eigenvalue weighted by Crippen LogP contribution is 2.22. The van der Waals surface area contributed by atoms with E-state index in [4.69, 9.17) is 0 Å². The Kier molecular flexibility index (Phi) is 5.73. The number of benzene rings is 1. The summed E-state index contributed by atoms with van der Waals surface area (Å²) in [4.78, 5) is 33.6. The van der Waals surface area contributed by atoms with Gasteiger partial charge in [0.2, 0.25) is 11.8 Å². The normalized spacial score (nSPS) is 18.0. The fourth-order valence-electron chi connectivity index (χ4n) is 3.97. The van der Waals surface area contributed by atoms with E-state index in [1.807, 2.05) is 23.3 Å². The molecular formula is C21H26N4O2S. The molecule has 0 aliphatic carbocycles. The molecule has 0 spiro atoms. The topological polar surface area (TPSA) is 65.5 Å². The Morgan fingerprint density at radius 1 is 1.18 bits per heavy atom. The molecule has 4 rings (SSSR count). The van der Waals surface area contributed by atoms with Crippen LogP contribution in [0.2, 0.25) is 0 Å². The van der Waals surface area contributed by atoms with E-state index in [0.717, 1.165) is 44.6 Å². The number of hydrogen-bond acceptors (Lipinski definition) is 5. The number of anilines is 1. The van der Waals surface area contributed by atoms with Crippen LogP contribution in [-0.2, 0) is 22.6 Å². The van der Waals surface area contributed by atoms with Crippen molar-refractivity contribution in [1.29, 1.82) is 0 Å². The van der Waals surface area contributed by atoms with Gasteiger partial charge in [0.1, 0.15) is 0 Å². The van der Waals surface area contributed by atoms with Gasteiger partial charge in [0.25, 0.3) is 0 Å². The van der Waals surface area contributed by atoms with Gasteiger partial charge in [-0.15, -0.1) is 11.3 Å². The van der Waals surface area contributed by atoms with Crippen molar-refractivity contribution < 1.29 is 9.59 Å². The lowest BCUT2D eigenvalue weighted by Gasteiger charge is -2.34. The molecule has 148 valence electrons. The third-order valence-electron chi connectivity index (χ3n) is 5.65. The molecule has 2 amide bonds. The zero-order chi connectivity index (χ0) is 19.5. The summed E-state index contributed by atoms with van der Waals surface area (Å²) in [7, 11) is 0. The number of likely N-dealkylation sites (tertiary alicyclic amines) is 1. The van der Waals surface area contributed by atoms with Crippen LogP contribution in [0.25, 0.3) is 0 Å². The lowest BCUT2D eigenvalue weighted by molar-refractivity contribution is -0.133. The molecule has 28 heavy (non-hydrogen) atoms. The van der Waals surface area contributed by atoms with Crippen molar-refractivity contribution >= 4 is 28.3 Å². The van der Waals surface area contributed by atoms with Crippen LogP contribution in [0.5, 0.6) is 0 Å². The average Bonchev–Trinajstić information content (AvgIpc) is 3.12. The molecule has 1 aromatic heterocycles. The van der Waals surface area contributed by atoms with Crippen LogP contribution in [-0.4, -0.2) is 52.8 Å². The number of fused-ring (bicyclic) bond motifs is 1.